The molecular weight excluding hydrogens is 294 g/mol. The molecule has 0 aromatic heterocycles. The molecule has 0 unspecified atom stereocenters. The Labute approximate surface area is 118 Å². The lowest BCUT2D eigenvalue weighted by molar-refractivity contribution is 0.233. The molecule has 1 aromatic carbocycles. The number of nitrogens with one attached hydrogen (secondary N) is 1. The van der Waals surface area contributed by atoms with Gasteiger partial charge in [-0.25, -0.2) is 0 Å². The van der Waals surface area contributed by atoms with E-state index in [9.17, 15) is 0 Å². The summed E-state index contributed by atoms with van der Waals surface area (Å²) in [7, 11) is 0. The molecule has 0 heterocycles. The van der Waals surface area contributed by atoms with E-state index in [1.807, 2.05) is 18.2 Å². The summed E-state index contributed by atoms with van der Waals surface area (Å²) in [6.07, 6.45) is 0.658. The summed E-state index contributed by atoms with van der Waals surface area (Å²) in [5.41, 5.74) is 1.26. The molecule has 1 aromatic rings. The third-order valence-corrected chi connectivity index (χ3v) is 3.17. The molecule has 0 aliphatic heterocycles. The highest BCUT2D eigenvalue weighted by Gasteiger charge is 2.10. The van der Waals surface area contributed by atoms with Crippen LogP contribution in [0.4, 0.5) is 0 Å². The van der Waals surface area contributed by atoms with Crippen molar-refractivity contribution in [1.82, 2.24) is 5.32 Å². The molecule has 4 heteroatoms. The zero-order chi connectivity index (χ0) is 13.6. The van der Waals surface area contributed by atoms with Crippen LogP contribution in [0.15, 0.2) is 22.7 Å². The smallest absolute Gasteiger partial charge is 0.119 e. The van der Waals surface area contributed by atoms with Crippen molar-refractivity contribution < 1.29 is 9.84 Å². The maximum absolute atomic E-state index is 8.72. The number of hydrogen-bond donors (Lipinski definition) is 2. The van der Waals surface area contributed by atoms with E-state index in [4.69, 9.17) is 9.84 Å². The summed E-state index contributed by atoms with van der Waals surface area (Å²) < 4.78 is 6.64. The highest BCUT2D eigenvalue weighted by molar-refractivity contribution is 9.10. The molecule has 0 fully saturated rings. The first-order valence-corrected chi connectivity index (χ1v) is 6.99. The molecule has 0 bridgehead atoms. The van der Waals surface area contributed by atoms with E-state index in [-0.39, 0.29) is 12.1 Å². The number of ether oxygens (including phenoxy) is 1. The van der Waals surface area contributed by atoms with Gasteiger partial charge >= 0.3 is 0 Å². The van der Waals surface area contributed by atoms with Gasteiger partial charge < -0.3 is 15.2 Å². The molecule has 0 radical (unpaired) electrons. The molecule has 0 saturated heterocycles. The SMILES string of the molecule is CC(C)(C)NCc1cc(OCCCO)ccc1Br. The largest absolute Gasteiger partial charge is 0.493 e. The van der Waals surface area contributed by atoms with Crippen LogP contribution < -0.4 is 10.1 Å². The monoisotopic (exact) mass is 315 g/mol. The van der Waals surface area contributed by atoms with Crippen molar-refractivity contribution in [3.8, 4) is 5.75 Å². The summed E-state index contributed by atoms with van der Waals surface area (Å²) in [6.45, 7) is 7.92. The van der Waals surface area contributed by atoms with E-state index in [0.717, 1.165) is 16.8 Å². The number of rotatable bonds is 6. The van der Waals surface area contributed by atoms with E-state index < -0.39 is 0 Å². The number of benzene rings is 1. The van der Waals surface area contributed by atoms with Crippen molar-refractivity contribution >= 4 is 15.9 Å². The molecule has 0 aliphatic carbocycles. The zero-order valence-corrected chi connectivity index (χ0v) is 12.9. The highest BCUT2D eigenvalue weighted by Crippen LogP contribution is 2.23. The molecule has 18 heavy (non-hydrogen) atoms. The Kier molecular flexibility index (Phi) is 6.12. The molecule has 0 saturated carbocycles. The molecule has 1 rings (SSSR count). The van der Waals surface area contributed by atoms with Crippen LogP contribution >= 0.6 is 15.9 Å². The summed E-state index contributed by atoms with van der Waals surface area (Å²) in [4.78, 5) is 0. The highest BCUT2D eigenvalue weighted by atomic mass is 79.9. The normalized spacial score (nSPS) is 11.6. The van der Waals surface area contributed by atoms with Gasteiger partial charge in [-0.2, -0.15) is 0 Å². The van der Waals surface area contributed by atoms with Gasteiger partial charge in [0.15, 0.2) is 0 Å². The van der Waals surface area contributed by atoms with Crippen LogP contribution in [0, 0.1) is 0 Å². The fraction of sp³-hybridized carbons (Fsp3) is 0.571. The second-order valence-electron chi connectivity index (χ2n) is 5.28. The van der Waals surface area contributed by atoms with Gasteiger partial charge in [0, 0.05) is 29.6 Å². The molecule has 0 aliphatic rings. The first-order valence-electron chi connectivity index (χ1n) is 6.19. The Morgan fingerprint density at radius 3 is 2.67 bits per heavy atom. The van der Waals surface area contributed by atoms with E-state index in [2.05, 4.69) is 42.0 Å². The van der Waals surface area contributed by atoms with Crippen LogP contribution in [0.3, 0.4) is 0 Å². The Bertz CT molecular complexity index is 375. The van der Waals surface area contributed by atoms with Gasteiger partial charge in [0.2, 0.25) is 0 Å². The predicted molar refractivity (Wildman–Crippen MR) is 77.9 cm³/mol. The van der Waals surface area contributed by atoms with Gasteiger partial charge in [0.1, 0.15) is 5.75 Å². The summed E-state index contributed by atoms with van der Waals surface area (Å²) in [5, 5.41) is 12.2. The first-order chi connectivity index (χ1) is 8.42. The fourth-order valence-corrected chi connectivity index (χ4v) is 1.78. The average molecular weight is 316 g/mol. The Balaban J connectivity index is 2.63. The van der Waals surface area contributed by atoms with Crippen LogP contribution in [0.2, 0.25) is 0 Å². The lowest BCUT2D eigenvalue weighted by Crippen LogP contribution is -2.35. The zero-order valence-electron chi connectivity index (χ0n) is 11.3. The molecular formula is C14H22BrNO2. The van der Waals surface area contributed by atoms with E-state index in [0.29, 0.717) is 13.0 Å². The second kappa shape index (κ2) is 7.12. The minimum absolute atomic E-state index is 0.0905. The number of halogens is 1. The lowest BCUT2D eigenvalue weighted by atomic mass is 10.1. The molecule has 0 atom stereocenters. The van der Waals surface area contributed by atoms with Crippen LogP contribution in [0.25, 0.3) is 0 Å². The van der Waals surface area contributed by atoms with Gasteiger partial charge in [0.25, 0.3) is 0 Å². The average Bonchev–Trinajstić information content (AvgIpc) is 2.29. The van der Waals surface area contributed by atoms with E-state index in [1.54, 1.807) is 0 Å². The molecule has 0 spiro atoms. The van der Waals surface area contributed by atoms with Crippen molar-refractivity contribution in [3.63, 3.8) is 0 Å². The van der Waals surface area contributed by atoms with Crippen LogP contribution in [-0.4, -0.2) is 23.9 Å². The molecule has 2 N–H and O–H groups in total. The maximum atomic E-state index is 8.72. The van der Waals surface area contributed by atoms with Crippen molar-refractivity contribution in [2.75, 3.05) is 13.2 Å². The second-order valence-corrected chi connectivity index (χ2v) is 6.14. The van der Waals surface area contributed by atoms with Crippen LogP contribution in [0.5, 0.6) is 5.75 Å². The Morgan fingerprint density at radius 2 is 2.06 bits per heavy atom. The van der Waals surface area contributed by atoms with Crippen molar-refractivity contribution in [2.24, 2.45) is 0 Å². The quantitative estimate of drug-likeness (QED) is 0.793. The van der Waals surface area contributed by atoms with Gasteiger partial charge in [-0.3, -0.25) is 0 Å². The predicted octanol–water partition coefficient (Wildman–Crippen LogP) is 3.10. The summed E-state index contributed by atoms with van der Waals surface area (Å²) in [5.74, 6) is 0.845. The summed E-state index contributed by atoms with van der Waals surface area (Å²) in [6, 6.07) is 5.95. The van der Waals surface area contributed by atoms with Gasteiger partial charge in [0.05, 0.1) is 6.61 Å². The van der Waals surface area contributed by atoms with Crippen molar-refractivity contribution in [2.45, 2.75) is 39.3 Å². The molecule has 0 amide bonds. The Hall–Kier alpha value is -0.580. The van der Waals surface area contributed by atoms with E-state index in [1.165, 1.54) is 5.56 Å². The van der Waals surface area contributed by atoms with E-state index >= 15 is 0 Å². The van der Waals surface area contributed by atoms with Gasteiger partial charge in [-0.15, -0.1) is 0 Å². The van der Waals surface area contributed by atoms with Gasteiger partial charge in [-0.1, -0.05) is 15.9 Å². The summed E-state index contributed by atoms with van der Waals surface area (Å²) >= 11 is 3.54. The number of aliphatic hydroxyl groups excluding tert-OH is 1. The van der Waals surface area contributed by atoms with Crippen LogP contribution in [0.1, 0.15) is 32.8 Å². The molecule has 102 valence electrons. The third-order valence-electron chi connectivity index (χ3n) is 2.40. The first kappa shape index (κ1) is 15.5. The fourth-order valence-electron chi connectivity index (χ4n) is 1.39. The van der Waals surface area contributed by atoms with Crippen LogP contribution in [-0.2, 0) is 6.54 Å². The van der Waals surface area contributed by atoms with Crippen molar-refractivity contribution in [3.05, 3.63) is 28.2 Å². The number of hydrogen-bond acceptors (Lipinski definition) is 3. The standard InChI is InChI=1S/C14H22BrNO2/c1-14(2,3)16-10-11-9-12(5-6-13(11)15)18-8-4-7-17/h5-6,9,16-17H,4,7-8,10H2,1-3H3. The third kappa shape index (κ3) is 5.85. The maximum Gasteiger partial charge on any atom is 0.119 e. The van der Waals surface area contributed by atoms with Crippen molar-refractivity contribution in [1.29, 1.82) is 0 Å². The number of aliphatic hydroxyl groups is 1. The lowest BCUT2D eigenvalue weighted by Gasteiger charge is -2.21. The Morgan fingerprint density at radius 1 is 1.33 bits per heavy atom. The minimum Gasteiger partial charge on any atom is -0.493 e. The minimum atomic E-state index is 0.0905. The van der Waals surface area contributed by atoms with Gasteiger partial charge in [-0.05, 0) is 44.5 Å². The topological polar surface area (TPSA) is 41.5 Å². The molecule has 3 nitrogen and oxygen atoms in total.